The number of imidazole rings is 1. The van der Waals surface area contributed by atoms with Crippen molar-refractivity contribution in [2.24, 2.45) is 0 Å². The Hall–Kier alpha value is -1.88. The SMILES string of the molecule is CCN1CCC(n2ccnc2-c2ccc(F)cc2OC)C1. The monoisotopic (exact) mass is 289 g/mol. The molecule has 0 saturated carbocycles. The van der Waals surface area contributed by atoms with Gasteiger partial charge in [0.2, 0.25) is 0 Å². The van der Waals surface area contributed by atoms with Crippen LogP contribution in [0.25, 0.3) is 11.4 Å². The molecular formula is C16H20FN3O. The van der Waals surface area contributed by atoms with Crippen molar-refractivity contribution in [3.05, 3.63) is 36.4 Å². The summed E-state index contributed by atoms with van der Waals surface area (Å²) in [6.07, 6.45) is 4.91. The highest BCUT2D eigenvalue weighted by Gasteiger charge is 2.25. The minimum Gasteiger partial charge on any atom is -0.496 e. The number of nitrogens with zero attached hydrogens (tertiary/aromatic N) is 3. The molecular weight excluding hydrogens is 269 g/mol. The number of hydrogen-bond acceptors (Lipinski definition) is 3. The first-order valence-corrected chi connectivity index (χ1v) is 7.32. The zero-order valence-corrected chi connectivity index (χ0v) is 12.4. The van der Waals surface area contributed by atoms with Crippen LogP contribution in [0.3, 0.4) is 0 Å². The van der Waals surface area contributed by atoms with Crippen molar-refractivity contribution in [3.63, 3.8) is 0 Å². The van der Waals surface area contributed by atoms with Gasteiger partial charge in [-0.1, -0.05) is 6.92 Å². The van der Waals surface area contributed by atoms with Crippen LogP contribution in [0.2, 0.25) is 0 Å². The number of ether oxygens (including phenoxy) is 1. The van der Waals surface area contributed by atoms with Crippen molar-refractivity contribution in [2.45, 2.75) is 19.4 Å². The van der Waals surface area contributed by atoms with E-state index in [4.69, 9.17) is 4.74 Å². The van der Waals surface area contributed by atoms with E-state index in [-0.39, 0.29) is 5.82 Å². The van der Waals surface area contributed by atoms with Crippen molar-refractivity contribution in [1.82, 2.24) is 14.5 Å². The molecule has 2 aromatic rings. The fourth-order valence-electron chi connectivity index (χ4n) is 2.99. The van der Waals surface area contributed by atoms with Crippen molar-refractivity contribution in [1.29, 1.82) is 0 Å². The quantitative estimate of drug-likeness (QED) is 0.867. The lowest BCUT2D eigenvalue weighted by Crippen LogP contribution is -2.21. The van der Waals surface area contributed by atoms with E-state index in [0.29, 0.717) is 11.8 Å². The highest BCUT2D eigenvalue weighted by Crippen LogP contribution is 2.33. The molecule has 0 bridgehead atoms. The minimum atomic E-state index is -0.299. The molecule has 5 heteroatoms. The fraction of sp³-hybridized carbons (Fsp3) is 0.438. The zero-order valence-electron chi connectivity index (χ0n) is 12.4. The van der Waals surface area contributed by atoms with Gasteiger partial charge in [0.25, 0.3) is 0 Å². The molecule has 0 N–H and O–H groups in total. The first-order valence-electron chi connectivity index (χ1n) is 7.32. The van der Waals surface area contributed by atoms with E-state index in [1.165, 1.54) is 12.1 Å². The summed E-state index contributed by atoms with van der Waals surface area (Å²) in [6, 6.07) is 5.00. The van der Waals surface area contributed by atoms with Crippen LogP contribution >= 0.6 is 0 Å². The Morgan fingerprint density at radius 1 is 1.43 bits per heavy atom. The van der Waals surface area contributed by atoms with Crippen LogP contribution in [-0.4, -0.2) is 41.2 Å². The molecule has 3 rings (SSSR count). The van der Waals surface area contributed by atoms with Crippen molar-refractivity contribution >= 4 is 0 Å². The lowest BCUT2D eigenvalue weighted by atomic mass is 10.1. The van der Waals surface area contributed by atoms with E-state index in [2.05, 4.69) is 21.4 Å². The average molecular weight is 289 g/mol. The first-order chi connectivity index (χ1) is 10.2. The van der Waals surface area contributed by atoms with Crippen LogP contribution in [0.15, 0.2) is 30.6 Å². The van der Waals surface area contributed by atoms with Crippen molar-refractivity contribution < 1.29 is 9.13 Å². The van der Waals surface area contributed by atoms with Crippen molar-refractivity contribution in [2.75, 3.05) is 26.7 Å². The Balaban J connectivity index is 1.96. The maximum absolute atomic E-state index is 13.4. The summed E-state index contributed by atoms with van der Waals surface area (Å²) in [5.74, 6) is 1.06. The van der Waals surface area contributed by atoms with Crippen LogP contribution in [0.1, 0.15) is 19.4 Å². The molecule has 0 aliphatic carbocycles. The standard InChI is InChI=1S/C16H20FN3O/c1-3-19-8-6-13(11-19)20-9-7-18-16(20)14-5-4-12(17)10-15(14)21-2/h4-5,7,9-10,13H,3,6,8,11H2,1-2H3. The molecule has 21 heavy (non-hydrogen) atoms. The molecule has 4 nitrogen and oxygen atoms in total. The topological polar surface area (TPSA) is 30.3 Å². The molecule has 1 unspecified atom stereocenters. The Labute approximate surface area is 124 Å². The maximum atomic E-state index is 13.4. The Morgan fingerprint density at radius 3 is 3.00 bits per heavy atom. The molecule has 1 saturated heterocycles. The zero-order chi connectivity index (χ0) is 14.8. The minimum absolute atomic E-state index is 0.299. The molecule has 1 aliphatic rings. The number of hydrogen-bond donors (Lipinski definition) is 0. The molecule has 1 atom stereocenters. The number of methoxy groups -OCH3 is 1. The Kier molecular flexibility index (Phi) is 3.92. The van der Waals surface area contributed by atoms with Gasteiger partial charge in [0.05, 0.1) is 12.7 Å². The van der Waals surface area contributed by atoms with Gasteiger partial charge in [0.15, 0.2) is 0 Å². The van der Waals surface area contributed by atoms with Gasteiger partial charge in [-0.05, 0) is 25.1 Å². The summed E-state index contributed by atoms with van der Waals surface area (Å²) in [5, 5.41) is 0. The first kappa shape index (κ1) is 14.1. The van der Waals surface area contributed by atoms with Gasteiger partial charge in [-0.15, -0.1) is 0 Å². The van der Waals surface area contributed by atoms with Crippen LogP contribution < -0.4 is 4.74 Å². The third-order valence-electron chi connectivity index (χ3n) is 4.16. The summed E-state index contributed by atoms with van der Waals surface area (Å²) in [5.41, 5.74) is 0.832. The van der Waals surface area contributed by atoms with E-state index >= 15 is 0 Å². The Bertz CT molecular complexity index is 626. The molecule has 1 fully saturated rings. The van der Waals surface area contributed by atoms with E-state index in [0.717, 1.165) is 37.4 Å². The highest BCUT2D eigenvalue weighted by atomic mass is 19.1. The summed E-state index contributed by atoms with van der Waals surface area (Å²) >= 11 is 0. The van der Waals surface area contributed by atoms with Gasteiger partial charge in [-0.25, -0.2) is 9.37 Å². The summed E-state index contributed by atoms with van der Waals surface area (Å²) in [4.78, 5) is 6.89. The van der Waals surface area contributed by atoms with Gasteiger partial charge in [0, 0.05) is 37.6 Å². The largest absolute Gasteiger partial charge is 0.496 e. The molecule has 1 aromatic heterocycles. The van der Waals surface area contributed by atoms with Gasteiger partial charge < -0.3 is 14.2 Å². The van der Waals surface area contributed by atoms with Gasteiger partial charge in [0.1, 0.15) is 17.4 Å². The number of aromatic nitrogens is 2. The third kappa shape index (κ3) is 2.65. The van der Waals surface area contributed by atoms with Crippen LogP contribution in [0.4, 0.5) is 4.39 Å². The van der Waals surface area contributed by atoms with Gasteiger partial charge in [-0.3, -0.25) is 0 Å². The molecule has 2 heterocycles. The molecule has 1 aliphatic heterocycles. The predicted molar refractivity (Wildman–Crippen MR) is 79.9 cm³/mol. The highest BCUT2D eigenvalue weighted by molar-refractivity contribution is 5.64. The summed E-state index contributed by atoms with van der Waals surface area (Å²) < 4.78 is 20.9. The van der Waals surface area contributed by atoms with Crippen LogP contribution in [0, 0.1) is 5.82 Å². The second-order valence-corrected chi connectivity index (χ2v) is 5.34. The lowest BCUT2D eigenvalue weighted by molar-refractivity contribution is 0.341. The van der Waals surface area contributed by atoms with E-state index in [9.17, 15) is 4.39 Å². The summed E-state index contributed by atoms with van der Waals surface area (Å²) in [7, 11) is 1.56. The molecule has 0 spiro atoms. The molecule has 0 amide bonds. The number of halogens is 1. The molecule has 1 aromatic carbocycles. The smallest absolute Gasteiger partial charge is 0.143 e. The number of rotatable bonds is 4. The Morgan fingerprint density at radius 2 is 2.29 bits per heavy atom. The number of benzene rings is 1. The average Bonchev–Trinajstić information content (AvgIpc) is 3.15. The van der Waals surface area contributed by atoms with Crippen LogP contribution in [0.5, 0.6) is 5.75 Å². The summed E-state index contributed by atoms with van der Waals surface area (Å²) in [6.45, 7) is 5.39. The fourth-order valence-corrected chi connectivity index (χ4v) is 2.99. The van der Waals surface area contributed by atoms with Gasteiger partial charge in [-0.2, -0.15) is 0 Å². The predicted octanol–water partition coefficient (Wildman–Crippen LogP) is 2.96. The van der Waals surface area contributed by atoms with Gasteiger partial charge >= 0.3 is 0 Å². The maximum Gasteiger partial charge on any atom is 0.143 e. The van der Waals surface area contributed by atoms with E-state index in [1.807, 2.05) is 6.20 Å². The van der Waals surface area contributed by atoms with Crippen LogP contribution in [-0.2, 0) is 0 Å². The van der Waals surface area contributed by atoms with Crippen molar-refractivity contribution in [3.8, 4) is 17.1 Å². The second-order valence-electron chi connectivity index (χ2n) is 5.34. The normalized spacial score (nSPS) is 19.1. The third-order valence-corrected chi connectivity index (χ3v) is 4.16. The number of likely N-dealkylation sites (tertiary alicyclic amines) is 1. The van der Waals surface area contributed by atoms with E-state index < -0.39 is 0 Å². The molecule has 112 valence electrons. The lowest BCUT2D eigenvalue weighted by Gasteiger charge is -2.17. The van der Waals surface area contributed by atoms with E-state index in [1.54, 1.807) is 19.4 Å². The molecule has 0 radical (unpaired) electrons. The second kappa shape index (κ2) is 5.85. The number of likely N-dealkylation sites (N-methyl/N-ethyl adjacent to an activating group) is 1.